The Hall–Kier alpha value is -1.14. The van der Waals surface area contributed by atoms with Crippen LogP contribution in [0.15, 0.2) is 5.38 Å². The molecule has 0 bridgehead atoms. The summed E-state index contributed by atoms with van der Waals surface area (Å²) < 4.78 is 5.04. The van der Waals surface area contributed by atoms with Crippen molar-refractivity contribution >= 4 is 17.4 Å². The third kappa shape index (κ3) is 4.41. The van der Waals surface area contributed by atoms with Crippen molar-refractivity contribution in [3.8, 4) is 0 Å². The van der Waals surface area contributed by atoms with E-state index in [2.05, 4.69) is 10.4 Å². The van der Waals surface area contributed by atoms with Crippen LogP contribution in [0.25, 0.3) is 0 Å². The minimum Gasteiger partial charge on any atom is -0.385 e. The van der Waals surface area contributed by atoms with E-state index in [1.807, 2.05) is 18.9 Å². The number of rotatable bonds is 5. The number of nitrogens with zero attached hydrogens (tertiary/aromatic N) is 3. The number of urea groups is 1. The van der Waals surface area contributed by atoms with Crippen molar-refractivity contribution in [3.05, 3.63) is 16.1 Å². The van der Waals surface area contributed by atoms with E-state index in [1.54, 1.807) is 23.3 Å². The monoisotopic (exact) mass is 311 g/mol. The molecular formula is C15H25N3O2S. The Morgan fingerprint density at radius 1 is 1.62 bits per heavy atom. The van der Waals surface area contributed by atoms with Gasteiger partial charge in [-0.3, -0.25) is 0 Å². The summed E-state index contributed by atoms with van der Waals surface area (Å²) in [7, 11) is 3.56. The zero-order chi connectivity index (χ0) is 15.2. The van der Waals surface area contributed by atoms with Crippen molar-refractivity contribution < 1.29 is 9.53 Å². The lowest BCUT2D eigenvalue weighted by Crippen LogP contribution is -2.46. The molecule has 0 aromatic carbocycles. The average Bonchev–Trinajstić information content (AvgIpc) is 2.93. The summed E-state index contributed by atoms with van der Waals surface area (Å²) in [4.78, 5) is 20.8. The molecule has 6 heteroatoms. The third-order valence-corrected chi connectivity index (χ3v) is 4.97. The van der Waals surface area contributed by atoms with Gasteiger partial charge < -0.3 is 14.5 Å². The summed E-state index contributed by atoms with van der Waals surface area (Å²) in [5, 5.41) is 3.26. The largest absolute Gasteiger partial charge is 0.385 e. The average molecular weight is 311 g/mol. The fraction of sp³-hybridized carbons (Fsp3) is 0.733. The molecule has 1 aromatic heterocycles. The van der Waals surface area contributed by atoms with E-state index < -0.39 is 0 Å². The Labute approximate surface area is 130 Å². The third-order valence-electron chi connectivity index (χ3n) is 3.85. The van der Waals surface area contributed by atoms with Crippen LogP contribution in [0.1, 0.15) is 35.9 Å². The van der Waals surface area contributed by atoms with Gasteiger partial charge in [0.05, 0.1) is 5.01 Å². The Morgan fingerprint density at radius 3 is 3.10 bits per heavy atom. The second kappa shape index (κ2) is 7.75. The number of hydrogen-bond acceptors (Lipinski definition) is 4. The molecule has 1 atom stereocenters. The van der Waals surface area contributed by atoms with Crippen LogP contribution in [-0.4, -0.2) is 61.2 Å². The number of methoxy groups -OCH3 is 1. The van der Waals surface area contributed by atoms with Gasteiger partial charge in [-0.05, 0) is 26.2 Å². The molecule has 1 aliphatic heterocycles. The zero-order valence-electron chi connectivity index (χ0n) is 13.2. The number of amides is 2. The van der Waals surface area contributed by atoms with Gasteiger partial charge >= 0.3 is 6.03 Å². The number of thiazole rings is 1. The maximum absolute atomic E-state index is 12.5. The summed E-state index contributed by atoms with van der Waals surface area (Å²) in [5.74, 6) is 0.397. The van der Waals surface area contributed by atoms with Crippen LogP contribution in [0, 0.1) is 6.92 Å². The Balaban J connectivity index is 1.89. The van der Waals surface area contributed by atoms with E-state index in [0.29, 0.717) is 12.5 Å². The number of aryl methyl sites for hydroxylation is 1. The predicted octanol–water partition coefficient (Wildman–Crippen LogP) is 2.72. The highest BCUT2D eigenvalue weighted by atomic mass is 32.1. The first-order valence-electron chi connectivity index (χ1n) is 7.53. The molecule has 0 spiro atoms. The summed E-state index contributed by atoms with van der Waals surface area (Å²) >= 11 is 1.72. The Morgan fingerprint density at radius 2 is 2.43 bits per heavy atom. The normalized spacial score (nSPS) is 18.8. The van der Waals surface area contributed by atoms with Gasteiger partial charge in [0.2, 0.25) is 0 Å². The number of carbonyl (C=O) groups is 1. The summed E-state index contributed by atoms with van der Waals surface area (Å²) in [6, 6.07) is 0.129. The maximum Gasteiger partial charge on any atom is 0.319 e. The molecule has 0 saturated carbocycles. The molecule has 0 N–H and O–H groups in total. The van der Waals surface area contributed by atoms with Crippen LogP contribution < -0.4 is 0 Å². The second-order valence-corrected chi connectivity index (χ2v) is 6.55. The number of ether oxygens (including phenoxy) is 1. The van der Waals surface area contributed by atoms with E-state index in [9.17, 15) is 4.79 Å². The van der Waals surface area contributed by atoms with Crippen molar-refractivity contribution in [1.29, 1.82) is 0 Å². The molecular weight excluding hydrogens is 286 g/mol. The van der Waals surface area contributed by atoms with Crippen LogP contribution >= 0.6 is 11.3 Å². The molecule has 2 amide bonds. The van der Waals surface area contributed by atoms with Gasteiger partial charge in [0, 0.05) is 57.4 Å². The van der Waals surface area contributed by atoms with Gasteiger partial charge in [-0.2, -0.15) is 0 Å². The first-order chi connectivity index (χ1) is 10.1. The molecule has 1 aliphatic rings. The fourth-order valence-corrected chi connectivity index (χ4v) is 3.62. The Bertz CT molecular complexity index is 464. The van der Waals surface area contributed by atoms with Gasteiger partial charge in [0.25, 0.3) is 0 Å². The van der Waals surface area contributed by atoms with E-state index >= 15 is 0 Å². The van der Waals surface area contributed by atoms with Crippen LogP contribution in [0.5, 0.6) is 0 Å². The van der Waals surface area contributed by atoms with Gasteiger partial charge in [-0.25, -0.2) is 9.78 Å². The molecule has 21 heavy (non-hydrogen) atoms. The molecule has 0 unspecified atom stereocenters. The highest BCUT2D eigenvalue weighted by Gasteiger charge is 2.27. The topological polar surface area (TPSA) is 45.7 Å². The molecule has 2 heterocycles. The standard InChI is InChI=1S/C15H25N3O2S/c1-12-11-21-14(16-12)13-6-4-8-18(10-13)15(19)17(2)7-5-9-20-3/h11,13H,4-10H2,1-3H3/t13-/m0/s1. The molecule has 1 fully saturated rings. The van der Waals surface area contributed by atoms with E-state index in [4.69, 9.17) is 4.74 Å². The molecule has 5 nitrogen and oxygen atoms in total. The van der Waals surface area contributed by atoms with Crippen molar-refractivity contribution in [1.82, 2.24) is 14.8 Å². The Kier molecular flexibility index (Phi) is 5.99. The first-order valence-corrected chi connectivity index (χ1v) is 8.40. The lowest BCUT2D eigenvalue weighted by molar-refractivity contribution is 0.139. The van der Waals surface area contributed by atoms with E-state index in [-0.39, 0.29) is 6.03 Å². The number of likely N-dealkylation sites (tertiary alicyclic amines) is 1. The van der Waals surface area contributed by atoms with Crippen LogP contribution in [0.3, 0.4) is 0 Å². The van der Waals surface area contributed by atoms with Gasteiger partial charge in [-0.15, -0.1) is 11.3 Å². The fourth-order valence-electron chi connectivity index (χ4n) is 2.70. The SMILES string of the molecule is COCCCN(C)C(=O)N1CCC[C@H](c2nc(C)cs2)C1. The zero-order valence-corrected chi connectivity index (χ0v) is 14.0. The highest BCUT2D eigenvalue weighted by molar-refractivity contribution is 7.09. The summed E-state index contributed by atoms with van der Waals surface area (Å²) in [6.45, 7) is 5.10. The van der Waals surface area contributed by atoms with Crippen LogP contribution in [0.2, 0.25) is 0 Å². The molecule has 0 aliphatic carbocycles. The molecule has 0 radical (unpaired) electrons. The lowest BCUT2D eigenvalue weighted by atomic mass is 9.99. The number of carbonyl (C=O) groups excluding carboxylic acids is 1. The number of aromatic nitrogens is 1. The molecule has 2 rings (SSSR count). The molecule has 118 valence electrons. The lowest BCUT2D eigenvalue weighted by Gasteiger charge is -2.34. The molecule has 1 saturated heterocycles. The summed E-state index contributed by atoms with van der Waals surface area (Å²) in [6.07, 6.45) is 3.06. The smallest absolute Gasteiger partial charge is 0.319 e. The van der Waals surface area contributed by atoms with Gasteiger partial charge in [-0.1, -0.05) is 0 Å². The summed E-state index contributed by atoms with van der Waals surface area (Å²) in [5.41, 5.74) is 1.08. The number of piperidine rings is 1. The van der Waals surface area contributed by atoms with Crippen LogP contribution in [0.4, 0.5) is 4.79 Å². The minimum absolute atomic E-state index is 0.129. The predicted molar refractivity (Wildman–Crippen MR) is 84.9 cm³/mol. The van der Waals surface area contributed by atoms with Crippen molar-refractivity contribution in [3.63, 3.8) is 0 Å². The molecule has 1 aromatic rings. The van der Waals surface area contributed by atoms with E-state index in [1.165, 1.54) is 5.01 Å². The van der Waals surface area contributed by atoms with Gasteiger partial charge in [0.1, 0.15) is 0 Å². The van der Waals surface area contributed by atoms with Crippen molar-refractivity contribution in [2.75, 3.05) is 40.4 Å². The minimum atomic E-state index is 0.129. The maximum atomic E-state index is 12.5. The second-order valence-electron chi connectivity index (χ2n) is 5.66. The quantitative estimate of drug-likeness (QED) is 0.786. The van der Waals surface area contributed by atoms with E-state index in [0.717, 1.165) is 44.6 Å². The first kappa shape index (κ1) is 16.2. The number of hydrogen-bond donors (Lipinski definition) is 0. The van der Waals surface area contributed by atoms with Crippen LogP contribution in [-0.2, 0) is 4.74 Å². The highest BCUT2D eigenvalue weighted by Crippen LogP contribution is 2.29. The van der Waals surface area contributed by atoms with Crippen molar-refractivity contribution in [2.45, 2.75) is 32.1 Å². The van der Waals surface area contributed by atoms with Gasteiger partial charge in [0.15, 0.2) is 0 Å². The van der Waals surface area contributed by atoms with Crippen molar-refractivity contribution in [2.24, 2.45) is 0 Å².